The van der Waals surface area contributed by atoms with E-state index >= 15 is 0 Å². The van der Waals surface area contributed by atoms with E-state index in [1.807, 2.05) is 7.05 Å². The Bertz CT molecular complexity index is 891. The third-order valence-corrected chi connectivity index (χ3v) is 4.83. The van der Waals surface area contributed by atoms with Gasteiger partial charge in [-0.1, -0.05) is 0 Å². The van der Waals surface area contributed by atoms with Gasteiger partial charge < -0.3 is 20.2 Å². The van der Waals surface area contributed by atoms with Crippen LogP contribution in [0.15, 0.2) is 30.0 Å². The van der Waals surface area contributed by atoms with Gasteiger partial charge >= 0.3 is 0 Å². The summed E-state index contributed by atoms with van der Waals surface area (Å²) in [4.78, 5) is 52.2. The number of aliphatic hydroxyl groups excluding tert-OH is 1. The molecule has 0 spiro atoms. The number of hydrogen-bond acceptors (Lipinski definition) is 8. The average Bonchev–Trinajstić information content (AvgIpc) is 2.96. The Morgan fingerprint density at radius 3 is 2.55 bits per heavy atom. The van der Waals surface area contributed by atoms with Crippen molar-refractivity contribution in [3.63, 3.8) is 0 Å². The maximum absolute atomic E-state index is 12.7. The van der Waals surface area contributed by atoms with Crippen LogP contribution in [0.1, 0.15) is 10.4 Å². The first kappa shape index (κ1) is 20.4. The normalized spacial score (nSPS) is 17.5. The third kappa shape index (κ3) is 4.25. The number of rotatable bonds is 6. The van der Waals surface area contributed by atoms with Crippen LogP contribution in [0.2, 0.25) is 0 Å². The molecule has 2 aliphatic rings. The van der Waals surface area contributed by atoms with Gasteiger partial charge in [0.1, 0.15) is 11.4 Å². The van der Waals surface area contributed by atoms with Crippen molar-refractivity contribution in [2.45, 2.75) is 0 Å². The molecular weight excluding hydrogens is 382 g/mol. The Morgan fingerprint density at radius 2 is 1.93 bits per heavy atom. The molecular formula is C18H21N5O6. The fraction of sp³-hybridized carbons (Fsp3) is 0.389. The molecule has 0 aliphatic carbocycles. The number of likely N-dealkylation sites (N-methyl/N-ethyl adjacent to an activating group) is 1. The number of nitro groups is 1. The highest BCUT2D eigenvalue weighted by Gasteiger charge is 2.32. The lowest BCUT2D eigenvalue weighted by Gasteiger charge is -2.32. The van der Waals surface area contributed by atoms with Crippen LogP contribution in [0.4, 0.5) is 11.4 Å². The van der Waals surface area contributed by atoms with Crippen molar-refractivity contribution in [2.75, 3.05) is 51.7 Å². The van der Waals surface area contributed by atoms with Crippen LogP contribution in [0, 0.1) is 10.1 Å². The molecule has 0 radical (unpaired) electrons. The Labute approximate surface area is 166 Å². The molecule has 0 unspecified atom stereocenters. The van der Waals surface area contributed by atoms with Crippen molar-refractivity contribution in [2.24, 2.45) is 0 Å². The van der Waals surface area contributed by atoms with Crippen LogP contribution in [0.25, 0.3) is 0 Å². The summed E-state index contributed by atoms with van der Waals surface area (Å²) in [5.74, 6) is -1.60. The highest BCUT2D eigenvalue weighted by molar-refractivity contribution is 6.17. The molecule has 2 aliphatic heterocycles. The summed E-state index contributed by atoms with van der Waals surface area (Å²) in [5, 5.41) is 23.1. The zero-order valence-corrected chi connectivity index (χ0v) is 15.8. The maximum Gasteiger partial charge on any atom is 0.293 e. The molecule has 154 valence electrons. The van der Waals surface area contributed by atoms with Gasteiger partial charge in [-0.15, -0.1) is 0 Å². The van der Waals surface area contributed by atoms with Gasteiger partial charge in [-0.2, -0.15) is 0 Å². The van der Waals surface area contributed by atoms with Crippen LogP contribution in [0.5, 0.6) is 0 Å². The van der Waals surface area contributed by atoms with Crippen LogP contribution in [0.3, 0.4) is 0 Å². The van der Waals surface area contributed by atoms with Crippen LogP contribution >= 0.6 is 0 Å². The van der Waals surface area contributed by atoms with Crippen molar-refractivity contribution in [1.29, 1.82) is 0 Å². The van der Waals surface area contributed by atoms with Gasteiger partial charge in [-0.3, -0.25) is 29.4 Å². The Kier molecular flexibility index (Phi) is 5.89. The quantitative estimate of drug-likeness (QED) is 0.373. The van der Waals surface area contributed by atoms with E-state index in [0.29, 0.717) is 13.1 Å². The molecule has 0 aromatic heterocycles. The second-order valence-corrected chi connectivity index (χ2v) is 6.79. The number of carbonyl (C=O) groups is 3. The average molecular weight is 403 g/mol. The lowest BCUT2D eigenvalue weighted by atomic mass is 10.1. The number of anilines is 1. The van der Waals surface area contributed by atoms with Crippen molar-refractivity contribution < 1.29 is 24.4 Å². The predicted molar refractivity (Wildman–Crippen MR) is 102 cm³/mol. The number of benzene rings is 1. The van der Waals surface area contributed by atoms with E-state index in [1.165, 1.54) is 12.1 Å². The van der Waals surface area contributed by atoms with E-state index < -0.39 is 16.7 Å². The molecule has 11 heteroatoms. The van der Waals surface area contributed by atoms with E-state index in [4.69, 9.17) is 5.11 Å². The predicted octanol–water partition coefficient (Wildman–Crippen LogP) is -0.361. The summed E-state index contributed by atoms with van der Waals surface area (Å²) >= 11 is 0. The molecule has 3 amide bonds. The van der Waals surface area contributed by atoms with Gasteiger partial charge in [-0.05, 0) is 19.2 Å². The zero-order valence-electron chi connectivity index (χ0n) is 15.8. The molecule has 0 atom stereocenters. The van der Waals surface area contributed by atoms with E-state index in [0.717, 1.165) is 30.1 Å². The first-order valence-electron chi connectivity index (χ1n) is 9.03. The summed E-state index contributed by atoms with van der Waals surface area (Å²) < 4.78 is 0. The number of nitrogens with one attached hydrogen (secondary N) is 1. The van der Waals surface area contributed by atoms with Gasteiger partial charge in [0.15, 0.2) is 0 Å². The van der Waals surface area contributed by atoms with Gasteiger partial charge in [0.2, 0.25) is 0 Å². The van der Waals surface area contributed by atoms with Gasteiger partial charge in [0, 0.05) is 43.9 Å². The number of nitrogens with zero attached hydrogens (tertiary/aromatic N) is 4. The zero-order chi connectivity index (χ0) is 21.1. The van der Waals surface area contributed by atoms with Crippen molar-refractivity contribution in [3.05, 3.63) is 45.6 Å². The monoisotopic (exact) mass is 403 g/mol. The fourth-order valence-electron chi connectivity index (χ4n) is 3.17. The summed E-state index contributed by atoms with van der Waals surface area (Å²) in [6, 6.07) is 3.95. The number of nitro benzene ring substituents is 1. The maximum atomic E-state index is 12.7. The molecule has 3 rings (SSSR count). The minimum Gasteiger partial charge on any atom is -0.395 e. The molecule has 1 aromatic carbocycles. The van der Waals surface area contributed by atoms with Gasteiger partial charge in [0.05, 0.1) is 18.1 Å². The van der Waals surface area contributed by atoms with E-state index in [-0.39, 0.29) is 41.7 Å². The minimum atomic E-state index is -0.684. The summed E-state index contributed by atoms with van der Waals surface area (Å²) in [6.45, 7) is 1.96. The van der Waals surface area contributed by atoms with Crippen LogP contribution in [-0.4, -0.2) is 88.8 Å². The summed E-state index contributed by atoms with van der Waals surface area (Å²) in [5.41, 5.74) is -0.351. The lowest BCUT2D eigenvalue weighted by Crippen LogP contribution is -2.47. The smallest absolute Gasteiger partial charge is 0.293 e. The summed E-state index contributed by atoms with van der Waals surface area (Å²) in [7, 11) is 1.96. The first-order chi connectivity index (χ1) is 13.8. The van der Waals surface area contributed by atoms with Crippen LogP contribution in [-0.2, 0) is 9.59 Å². The molecule has 11 nitrogen and oxygen atoms in total. The molecule has 1 aromatic rings. The highest BCUT2D eigenvalue weighted by Crippen LogP contribution is 2.29. The molecule has 29 heavy (non-hydrogen) atoms. The fourth-order valence-corrected chi connectivity index (χ4v) is 3.17. The Balaban J connectivity index is 1.81. The summed E-state index contributed by atoms with van der Waals surface area (Å²) in [6.07, 6.45) is 1.02. The molecule has 1 fully saturated rings. The standard InChI is InChI=1S/C18H21N5O6/c1-20-4-6-21(7-5-20)17(26)12-2-3-13(15(10-12)23(28)29)19-14-11-16(25)22(8-9-24)18(14)27/h2-3,10-11,19,24H,4-9H2,1H3. The molecule has 0 bridgehead atoms. The number of hydrogen-bond donors (Lipinski definition) is 2. The molecule has 2 N–H and O–H groups in total. The van der Waals surface area contributed by atoms with Gasteiger partial charge in [0.25, 0.3) is 23.4 Å². The Morgan fingerprint density at radius 1 is 1.24 bits per heavy atom. The molecule has 0 saturated carbocycles. The molecule has 1 saturated heterocycles. The Hall–Kier alpha value is -3.31. The number of aliphatic hydroxyl groups is 1. The largest absolute Gasteiger partial charge is 0.395 e. The number of amides is 3. The highest BCUT2D eigenvalue weighted by atomic mass is 16.6. The second kappa shape index (κ2) is 8.37. The van der Waals surface area contributed by atoms with E-state index in [2.05, 4.69) is 10.2 Å². The van der Waals surface area contributed by atoms with Crippen molar-refractivity contribution in [1.82, 2.24) is 14.7 Å². The number of carbonyl (C=O) groups excluding carboxylic acids is 3. The lowest BCUT2D eigenvalue weighted by molar-refractivity contribution is -0.384. The van der Waals surface area contributed by atoms with Gasteiger partial charge in [-0.25, -0.2) is 0 Å². The minimum absolute atomic E-state index is 0.0109. The molecule has 2 heterocycles. The third-order valence-electron chi connectivity index (χ3n) is 4.83. The number of piperazine rings is 1. The number of imide groups is 1. The SMILES string of the molecule is CN1CCN(C(=O)c2ccc(NC3=CC(=O)N(CCO)C3=O)c([N+](=O)[O-])c2)CC1. The second-order valence-electron chi connectivity index (χ2n) is 6.79. The van der Waals surface area contributed by atoms with Crippen LogP contribution < -0.4 is 5.32 Å². The van der Waals surface area contributed by atoms with Crippen molar-refractivity contribution in [3.8, 4) is 0 Å². The topological polar surface area (TPSA) is 136 Å². The van der Waals surface area contributed by atoms with Crippen molar-refractivity contribution >= 4 is 29.1 Å². The first-order valence-corrected chi connectivity index (χ1v) is 9.03. The number of β-amino-alcohol motifs (C(OH)–C–C–N with tert-alkyl or cyclic N) is 1. The van der Waals surface area contributed by atoms with E-state index in [9.17, 15) is 24.5 Å². The van der Waals surface area contributed by atoms with E-state index in [1.54, 1.807) is 4.90 Å².